The summed E-state index contributed by atoms with van der Waals surface area (Å²) in [6, 6.07) is 2.88. The Bertz CT molecular complexity index is 1060. The van der Waals surface area contributed by atoms with E-state index in [1.165, 1.54) is 16.7 Å². The van der Waals surface area contributed by atoms with E-state index in [0.29, 0.717) is 17.5 Å². The summed E-state index contributed by atoms with van der Waals surface area (Å²) in [5, 5.41) is 3.77. The molecule has 0 radical (unpaired) electrons. The zero-order valence-corrected chi connectivity index (χ0v) is 16.1. The molecule has 0 saturated heterocycles. The molecule has 1 fully saturated rings. The van der Waals surface area contributed by atoms with Crippen LogP contribution in [0, 0.1) is 0 Å². The number of halogens is 2. The second-order valence-corrected chi connectivity index (χ2v) is 7.75. The zero-order chi connectivity index (χ0) is 21.2. The monoisotopic (exact) mass is 432 g/mol. The van der Waals surface area contributed by atoms with Crippen molar-refractivity contribution in [3.05, 3.63) is 34.7 Å². The highest BCUT2D eigenvalue weighted by atomic mass is 32.2. The van der Waals surface area contributed by atoms with E-state index < -0.39 is 39.0 Å². The maximum atomic E-state index is 12.6. The van der Waals surface area contributed by atoms with Crippen molar-refractivity contribution in [2.75, 3.05) is 6.61 Å². The van der Waals surface area contributed by atoms with Crippen LogP contribution in [-0.2, 0) is 10.0 Å². The molecule has 3 rings (SSSR count). The van der Waals surface area contributed by atoms with Crippen LogP contribution in [0.1, 0.15) is 32.2 Å². The van der Waals surface area contributed by atoms with E-state index in [9.17, 15) is 26.8 Å². The fourth-order valence-corrected chi connectivity index (χ4v) is 3.82. The fraction of sp³-hybridized carbons (Fsp3) is 0.438. The summed E-state index contributed by atoms with van der Waals surface area (Å²) in [7, 11) is -4.64. The van der Waals surface area contributed by atoms with Crippen LogP contribution in [0.4, 0.5) is 13.6 Å². The van der Waals surface area contributed by atoms with Crippen LogP contribution in [-0.4, -0.2) is 42.0 Å². The molecule has 10 nitrogen and oxygen atoms in total. The van der Waals surface area contributed by atoms with Gasteiger partial charge in [-0.15, -0.1) is 9.78 Å². The van der Waals surface area contributed by atoms with E-state index in [2.05, 4.69) is 9.84 Å². The normalized spacial score (nSPS) is 14.5. The van der Waals surface area contributed by atoms with Crippen molar-refractivity contribution in [1.29, 1.82) is 0 Å². The van der Waals surface area contributed by atoms with Crippen LogP contribution in [0.3, 0.4) is 0 Å². The van der Waals surface area contributed by atoms with Gasteiger partial charge in [-0.3, -0.25) is 0 Å². The highest BCUT2D eigenvalue weighted by Crippen LogP contribution is 2.32. The van der Waals surface area contributed by atoms with Crippen LogP contribution < -0.4 is 19.9 Å². The minimum Gasteiger partial charge on any atom is -0.464 e. The second-order valence-electron chi connectivity index (χ2n) is 6.10. The van der Waals surface area contributed by atoms with Crippen molar-refractivity contribution >= 4 is 16.1 Å². The molecule has 1 N–H and O–H groups in total. The number of carbonyl (C=O) groups is 1. The van der Waals surface area contributed by atoms with Crippen LogP contribution >= 0.6 is 0 Å². The summed E-state index contributed by atoms with van der Waals surface area (Å²) in [5.74, 6) is -0.648. The van der Waals surface area contributed by atoms with E-state index in [-0.39, 0.29) is 18.7 Å². The number of aromatic nitrogens is 3. The molecule has 0 atom stereocenters. The second kappa shape index (κ2) is 8.19. The predicted octanol–water partition coefficient (Wildman–Crippen LogP) is 1.72. The average Bonchev–Trinajstić information content (AvgIpc) is 2.90. The van der Waals surface area contributed by atoms with Crippen LogP contribution in [0.15, 0.2) is 34.0 Å². The van der Waals surface area contributed by atoms with Gasteiger partial charge < -0.3 is 9.47 Å². The number of para-hydroxylation sites is 1. The minimum absolute atomic E-state index is 0.101. The molecule has 1 saturated carbocycles. The Morgan fingerprint density at radius 2 is 2.03 bits per heavy atom. The number of alkyl halides is 2. The van der Waals surface area contributed by atoms with E-state index in [4.69, 9.17) is 4.74 Å². The van der Waals surface area contributed by atoms with Gasteiger partial charge in [0.25, 0.3) is 10.0 Å². The molecular formula is C16H18F2N4O6S. The summed E-state index contributed by atoms with van der Waals surface area (Å²) in [5.41, 5.74) is -0.858. The lowest BCUT2D eigenvalue weighted by Crippen LogP contribution is -2.41. The molecule has 1 aromatic carbocycles. The molecule has 0 aliphatic heterocycles. The molecular weight excluding hydrogens is 414 g/mol. The summed E-state index contributed by atoms with van der Waals surface area (Å²) in [4.78, 5) is 24.3. The molecule has 1 amide bonds. The lowest BCUT2D eigenvalue weighted by molar-refractivity contribution is -0.0517. The summed E-state index contributed by atoms with van der Waals surface area (Å²) >= 11 is 0. The van der Waals surface area contributed by atoms with Crippen molar-refractivity contribution < 1.29 is 31.5 Å². The van der Waals surface area contributed by atoms with Crippen molar-refractivity contribution in [2.45, 2.75) is 43.7 Å². The largest absolute Gasteiger partial charge is 0.464 e. The first-order valence-corrected chi connectivity index (χ1v) is 10.2. The number of nitrogens with zero attached hydrogens (tertiary/aromatic N) is 3. The van der Waals surface area contributed by atoms with Gasteiger partial charge in [0.2, 0.25) is 0 Å². The van der Waals surface area contributed by atoms with E-state index in [1.807, 2.05) is 0 Å². The third-order valence-corrected chi connectivity index (χ3v) is 5.62. The van der Waals surface area contributed by atoms with Gasteiger partial charge in [0.05, 0.1) is 6.61 Å². The van der Waals surface area contributed by atoms with Crippen molar-refractivity contribution in [2.24, 2.45) is 0 Å². The van der Waals surface area contributed by atoms with Crippen LogP contribution in [0.5, 0.6) is 11.8 Å². The highest BCUT2D eigenvalue weighted by Gasteiger charge is 2.31. The first-order chi connectivity index (χ1) is 13.7. The fourth-order valence-electron chi connectivity index (χ4n) is 2.76. The standard InChI is InChI=1S/C16H18F2N4O6S/c1-2-27-15-19-22(16(24)21(15)10-6-5-7-10)14(23)20-29(25,26)12-9-4-3-8-11(12)28-13(17)18/h3-4,8-10,13H,2,5-7H2,1H3,(H,20,23). The smallest absolute Gasteiger partial charge is 0.387 e. The number of carbonyl (C=O) groups excluding carboxylic acids is 1. The van der Waals surface area contributed by atoms with Gasteiger partial charge in [0.15, 0.2) is 0 Å². The Morgan fingerprint density at radius 1 is 1.34 bits per heavy atom. The van der Waals surface area contributed by atoms with Gasteiger partial charge in [0, 0.05) is 6.04 Å². The maximum Gasteiger partial charge on any atom is 0.387 e. The summed E-state index contributed by atoms with van der Waals surface area (Å²) in [6.07, 6.45) is 2.29. The first-order valence-electron chi connectivity index (χ1n) is 8.70. The van der Waals surface area contributed by atoms with Gasteiger partial charge in [-0.25, -0.2) is 27.3 Å². The molecule has 158 valence electrons. The molecule has 0 unspecified atom stereocenters. The Kier molecular flexibility index (Phi) is 5.86. The van der Waals surface area contributed by atoms with Gasteiger partial charge in [-0.2, -0.15) is 8.78 Å². The topological polar surface area (TPSA) is 122 Å². The molecule has 0 bridgehead atoms. The number of rotatable bonds is 7. The summed E-state index contributed by atoms with van der Waals surface area (Å²) in [6.45, 7) is -1.42. The Balaban J connectivity index is 1.91. The van der Waals surface area contributed by atoms with Gasteiger partial charge in [0.1, 0.15) is 10.6 Å². The number of hydrogen-bond donors (Lipinski definition) is 1. The Labute approximate surface area is 164 Å². The van der Waals surface area contributed by atoms with Crippen LogP contribution in [0.25, 0.3) is 0 Å². The van der Waals surface area contributed by atoms with Crippen molar-refractivity contribution in [3.63, 3.8) is 0 Å². The predicted molar refractivity (Wildman–Crippen MR) is 94.7 cm³/mol. The third kappa shape index (κ3) is 4.23. The molecule has 29 heavy (non-hydrogen) atoms. The molecule has 13 heteroatoms. The van der Waals surface area contributed by atoms with Crippen LogP contribution in [0.2, 0.25) is 0 Å². The number of sulfonamides is 1. The lowest BCUT2D eigenvalue weighted by atomic mass is 9.93. The lowest BCUT2D eigenvalue weighted by Gasteiger charge is -2.26. The van der Waals surface area contributed by atoms with Gasteiger partial charge in [-0.1, -0.05) is 12.1 Å². The van der Waals surface area contributed by atoms with Crippen molar-refractivity contribution in [3.8, 4) is 11.8 Å². The van der Waals surface area contributed by atoms with Gasteiger partial charge >= 0.3 is 24.3 Å². The number of ether oxygens (including phenoxy) is 2. The number of amides is 1. The average molecular weight is 432 g/mol. The quantitative estimate of drug-likeness (QED) is 0.707. The SMILES string of the molecule is CCOc1nn(C(=O)NS(=O)(=O)c2ccccc2OC(F)F)c(=O)n1C1CCC1. The molecule has 1 aromatic heterocycles. The van der Waals surface area contributed by atoms with Gasteiger partial charge in [-0.05, 0) is 38.3 Å². The minimum atomic E-state index is -4.64. The molecule has 1 aliphatic rings. The number of nitrogens with one attached hydrogen (secondary N) is 1. The highest BCUT2D eigenvalue weighted by molar-refractivity contribution is 7.90. The first kappa shape index (κ1) is 20.8. The van der Waals surface area contributed by atoms with Crippen molar-refractivity contribution in [1.82, 2.24) is 19.1 Å². The Morgan fingerprint density at radius 3 is 2.62 bits per heavy atom. The number of benzene rings is 1. The molecule has 2 aromatic rings. The summed E-state index contributed by atoms with van der Waals surface area (Å²) < 4.78 is 62.7. The molecule has 1 heterocycles. The maximum absolute atomic E-state index is 12.6. The number of hydrogen-bond acceptors (Lipinski definition) is 7. The van der Waals surface area contributed by atoms with E-state index in [1.54, 1.807) is 11.6 Å². The van der Waals surface area contributed by atoms with E-state index >= 15 is 0 Å². The molecule has 1 aliphatic carbocycles. The zero-order valence-electron chi connectivity index (χ0n) is 15.2. The molecule has 0 spiro atoms. The third-order valence-electron chi connectivity index (χ3n) is 4.26. The Hall–Kier alpha value is -2.96. The van der Waals surface area contributed by atoms with E-state index in [0.717, 1.165) is 18.6 Å².